The number of benzene rings is 3. The minimum atomic E-state index is -0.0459. The summed E-state index contributed by atoms with van der Waals surface area (Å²) in [6.45, 7) is 7.04. The summed E-state index contributed by atoms with van der Waals surface area (Å²) in [4.78, 5) is 18.5. The van der Waals surface area contributed by atoms with Crippen molar-refractivity contribution in [3.05, 3.63) is 82.9 Å². The van der Waals surface area contributed by atoms with Gasteiger partial charge in [-0.3, -0.25) is 14.6 Å². The first-order valence-electron chi connectivity index (χ1n) is 11.8. The summed E-state index contributed by atoms with van der Waals surface area (Å²) >= 11 is 6.32. The first-order chi connectivity index (χ1) is 16.2. The van der Waals surface area contributed by atoms with Gasteiger partial charge >= 0.3 is 0 Å². The van der Waals surface area contributed by atoms with Crippen molar-refractivity contribution >= 4 is 28.2 Å². The second-order valence-electron chi connectivity index (χ2n) is 8.50. The molecule has 0 amide bonds. The van der Waals surface area contributed by atoms with Gasteiger partial charge in [-0.05, 0) is 29.5 Å². The standard InChI is InChI=1S/C27H31ClN2O.CH4O/c1-2-3-12-26(27(31)23-13-14-24-22(19-23)10-7-11-25(24)28)30-17-15-29(16-18-30)20-21-8-5-4-6-9-21;1-2/h4-11,13-14,19,26H,2-3,12,15-18,20H2,1H3;2H,1H3. The highest BCUT2D eigenvalue weighted by Crippen LogP contribution is 2.26. The van der Waals surface area contributed by atoms with Crippen LogP contribution < -0.4 is 0 Å². The molecule has 5 heteroatoms. The molecule has 3 aromatic rings. The number of rotatable bonds is 8. The fraction of sp³-hybridized carbons (Fsp3) is 0.393. The van der Waals surface area contributed by atoms with Crippen molar-refractivity contribution in [2.24, 2.45) is 0 Å². The van der Waals surface area contributed by atoms with Gasteiger partial charge in [0.15, 0.2) is 5.78 Å². The van der Waals surface area contributed by atoms with E-state index >= 15 is 0 Å². The molecule has 0 saturated carbocycles. The fourth-order valence-corrected chi connectivity index (χ4v) is 4.79. The van der Waals surface area contributed by atoms with Crippen LogP contribution in [-0.2, 0) is 6.54 Å². The van der Waals surface area contributed by atoms with E-state index in [2.05, 4.69) is 47.1 Å². The van der Waals surface area contributed by atoms with E-state index in [1.54, 1.807) is 0 Å². The highest BCUT2D eigenvalue weighted by Gasteiger charge is 2.29. The van der Waals surface area contributed by atoms with E-state index < -0.39 is 0 Å². The number of ketones is 1. The van der Waals surface area contributed by atoms with Crippen molar-refractivity contribution in [2.45, 2.75) is 38.8 Å². The predicted octanol–water partition coefficient (Wildman–Crippen LogP) is 5.66. The SMILES string of the molecule is CCCCC(C(=O)c1ccc2c(Cl)cccc2c1)N1CCN(Cc2ccccc2)CC1.CO. The lowest BCUT2D eigenvalue weighted by Crippen LogP contribution is -2.52. The fourth-order valence-electron chi connectivity index (χ4n) is 4.54. The Labute approximate surface area is 202 Å². The molecular weight excluding hydrogens is 432 g/mol. The Balaban J connectivity index is 0.00000149. The average Bonchev–Trinajstić information content (AvgIpc) is 2.87. The molecule has 1 N–H and O–H groups in total. The smallest absolute Gasteiger partial charge is 0.179 e. The van der Waals surface area contributed by atoms with Crippen LogP contribution in [0, 0.1) is 0 Å². The Hall–Kier alpha value is -2.24. The number of aliphatic hydroxyl groups is 1. The van der Waals surface area contributed by atoms with Crippen LogP contribution in [-0.4, -0.2) is 60.0 Å². The van der Waals surface area contributed by atoms with Crippen LogP contribution in [0.2, 0.25) is 5.02 Å². The second-order valence-corrected chi connectivity index (χ2v) is 8.90. The summed E-state index contributed by atoms with van der Waals surface area (Å²) in [6.07, 6.45) is 3.09. The molecule has 1 heterocycles. The lowest BCUT2D eigenvalue weighted by molar-refractivity contribution is 0.0628. The summed E-state index contributed by atoms with van der Waals surface area (Å²) < 4.78 is 0. The van der Waals surface area contributed by atoms with Crippen molar-refractivity contribution in [1.82, 2.24) is 9.80 Å². The number of carbonyl (C=O) groups is 1. The largest absolute Gasteiger partial charge is 0.400 e. The lowest BCUT2D eigenvalue weighted by atomic mass is 9.95. The van der Waals surface area contributed by atoms with E-state index in [-0.39, 0.29) is 11.8 Å². The molecule has 3 aromatic carbocycles. The second kappa shape index (κ2) is 12.9. The van der Waals surface area contributed by atoms with E-state index in [1.165, 1.54) is 5.56 Å². The molecule has 1 saturated heterocycles. The summed E-state index contributed by atoms with van der Waals surface area (Å²) in [5.74, 6) is 0.242. The maximum absolute atomic E-state index is 13.6. The third-order valence-electron chi connectivity index (χ3n) is 6.34. The van der Waals surface area contributed by atoms with Crippen molar-refractivity contribution in [2.75, 3.05) is 33.3 Å². The first-order valence-corrected chi connectivity index (χ1v) is 12.2. The molecule has 1 atom stereocenters. The topological polar surface area (TPSA) is 43.8 Å². The van der Waals surface area contributed by atoms with Crippen LogP contribution in [0.15, 0.2) is 66.7 Å². The van der Waals surface area contributed by atoms with Crippen LogP contribution in [0.5, 0.6) is 0 Å². The van der Waals surface area contributed by atoms with Crippen molar-refractivity contribution in [3.8, 4) is 0 Å². The van der Waals surface area contributed by atoms with Gasteiger partial charge in [0.1, 0.15) is 0 Å². The minimum absolute atomic E-state index is 0.0459. The highest BCUT2D eigenvalue weighted by molar-refractivity contribution is 6.35. The first kappa shape index (κ1) is 25.4. The molecule has 0 aliphatic carbocycles. The molecular formula is C28H35ClN2O2. The van der Waals surface area contributed by atoms with Gasteiger partial charge in [-0.25, -0.2) is 0 Å². The molecule has 4 rings (SSSR count). The van der Waals surface area contributed by atoms with Crippen LogP contribution in [0.3, 0.4) is 0 Å². The van der Waals surface area contributed by atoms with E-state index in [1.807, 2.05) is 36.4 Å². The van der Waals surface area contributed by atoms with Crippen LogP contribution >= 0.6 is 11.6 Å². The Morgan fingerprint density at radius 1 is 0.970 bits per heavy atom. The van der Waals surface area contributed by atoms with Crippen LogP contribution in [0.4, 0.5) is 0 Å². The van der Waals surface area contributed by atoms with Crippen molar-refractivity contribution < 1.29 is 9.90 Å². The quantitative estimate of drug-likeness (QED) is 0.435. The molecule has 1 fully saturated rings. The number of hydrogen-bond donors (Lipinski definition) is 1. The summed E-state index contributed by atoms with van der Waals surface area (Å²) in [6, 6.07) is 22.4. The zero-order valence-electron chi connectivity index (χ0n) is 19.7. The number of aliphatic hydroxyl groups excluding tert-OH is 1. The summed E-state index contributed by atoms with van der Waals surface area (Å²) in [5, 5.41) is 9.76. The molecule has 0 aromatic heterocycles. The number of hydrogen-bond acceptors (Lipinski definition) is 4. The number of unbranched alkanes of at least 4 members (excludes halogenated alkanes) is 1. The average molecular weight is 467 g/mol. The molecule has 4 nitrogen and oxygen atoms in total. The molecule has 33 heavy (non-hydrogen) atoms. The van der Waals surface area contributed by atoms with Crippen molar-refractivity contribution in [3.63, 3.8) is 0 Å². The Bertz CT molecular complexity index is 1020. The van der Waals surface area contributed by atoms with Gasteiger partial charge in [0.25, 0.3) is 0 Å². The third-order valence-corrected chi connectivity index (χ3v) is 6.67. The number of halogens is 1. The predicted molar refractivity (Wildman–Crippen MR) is 138 cm³/mol. The Morgan fingerprint density at radius 2 is 1.70 bits per heavy atom. The molecule has 0 bridgehead atoms. The number of fused-ring (bicyclic) bond motifs is 1. The van der Waals surface area contributed by atoms with Crippen LogP contribution in [0.1, 0.15) is 42.1 Å². The van der Waals surface area contributed by atoms with Gasteiger partial charge in [0, 0.05) is 55.8 Å². The third kappa shape index (κ3) is 6.64. The van der Waals surface area contributed by atoms with E-state index in [9.17, 15) is 4.79 Å². The van der Waals surface area contributed by atoms with E-state index in [4.69, 9.17) is 16.7 Å². The maximum atomic E-state index is 13.6. The number of nitrogens with zero attached hydrogens (tertiary/aromatic N) is 2. The number of Topliss-reactive ketones (excluding diaryl/α,β-unsaturated/α-hetero) is 1. The minimum Gasteiger partial charge on any atom is -0.400 e. The van der Waals surface area contributed by atoms with Gasteiger partial charge in [-0.1, -0.05) is 86.0 Å². The molecule has 1 aliphatic heterocycles. The van der Waals surface area contributed by atoms with Gasteiger partial charge in [-0.2, -0.15) is 0 Å². The van der Waals surface area contributed by atoms with E-state index in [0.29, 0.717) is 0 Å². The zero-order chi connectivity index (χ0) is 23.6. The number of carbonyl (C=O) groups excluding carboxylic acids is 1. The van der Waals surface area contributed by atoms with E-state index in [0.717, 1.165) is 80.5 Å². The van der Waals surface area contributed by atoms with Crippen molar-refractivity contribution in [1.29, 1.82) is 0 Å². The normalized spacial score (nSPS) is 15.6. The van der Waals surface area contributed by atoms with Crippen LogP contribution in [0.25, 0.3) is 10.8 Å². The molecule has 0 spiro atoms. The Morgan fingerprint density at radius 3 is 2.39 bits per heavy atom. The summed E-state index contributed by atoms with van der Waals surface area (Å²) in [7, 11) is 1.00. The van der Waals surface area contributed by atoms with Gasteiger partial charge in [0.05, 0.1) is 6.04 Å². The van der Waals surface area contributed by atoms with Gasteiger partial charge < -0.3 is 5.11 Å². The zero-order valence-corrected chi connectivity index (χ0v) is 20.5. The molecule has 0 radical (unpaired) electrons. The molecule has 1 aliphatic rings. The summed E-state index contributed by atoms with van der Waals surface area (Å²) in [5.41, 5.74) is 2.15. The lowest BCUT2D eigenvalue weighted by Gasteiger charge is -2.39. The Kier molecular flexibility index (Phi) is 9.89. The maximum Gasteiger partial charge on any atom is 0.179 e. The highest BCUT2D eigenvalue weighted by atomic mass is 35.5. The molecule has 176 valence electrons. The van der Waals surface area contributed by atoms with Gasteiger partial charge in [0.2, 0.25) is 0 Å². The monoisotopic (exact) mass is 466 g/mol. The van der Waals surface area contributed by atoms with Gasteiger partial charge in [-0.15, -0.1) is 0 Å². The molecule has 1 unspecified atom stereocenters. The number of piperazine rings is 1.